The summed E-state index contributed by atoms with van der Waals surface area (Å²) in [6.45, 7) is 3.74. The van der Waals surface area contributed by atoms with Crippen LogP contribution in [0.4, 0.5) is 0 Å². The lowest BCUT2D eigenvalue weighted by Crippen LogP contribution is -2.00. The third-order valence-electron chi connectivity index (χ3n) is 3.38. The second-order valence-electron chi connectivity index (χ2n) is 5.23. The summed E-state index contributed by atoms with van der Waals surface area (Å²) in [7, 11) is 0. The summed E-state index contributed by atoms with van der Waals surface area (Å²) in [5.74, 6) is 0. The fraction of sp³-hybridized carbons (Fsp3) is 1.00. The minimum atomic E-state index is 0.151. The first-order valence-electron chi connectivity index (χ1n) is 8.10. The molecule has 1 N–H and O–H groups in total. The van der Waals surface area contributed by atoms with Crippen molar-refractivity contribution in [3.8, 4) is 0 Å². The average molecular weight is 260 g/mol. The van der Waals surface area contributed by atoms with Gasteiger partial charge in [-0.2, -0.15) is 0 Å². The number of aliphatic hydroxyl groups is 1. The lowest BCUT2D eigenvalue weighted by molar-refractivity contribution is 0.0895. The van der Waals surface area contributed by atoms with Crippen LogP contribution in [0, 0.1) is 0 Å². The van der Waals surface area contributed by atoms with Crippen LogP contribution in [0.1, 0.15) is 84.0 Å². The number of ether oxygens (including phenoxy) is 1. The van der Waals surface area contributed by atoms with E-state index in [1.807, 2.05) is 0 Å². The molecule has 0 aromatic carbocycles. The Morgan fingerprint density at radius 1 is 0.722 bits per heavy atom. The molecule has 0 saturated heterocycles. The Morgan fingerprint density at radius 3 is 1.61 bits per heavy atom. The molecule has 0 aliphatic rings. The van der Waals surface area contributed by atoms with Crippen LogP contribution in [0.3, 0.4) is 0 Å². The molecule has 0 saturated carbocycles. The third-order valence-corrected chi connectivity index (χ3v) is 3.38. The molecule has 18 heavy (non-hydrogen) atoms. The second kappa shape index (κ2) is 16.9. The van der Waals surface area contributed by atoms with Gasteiger partial charge in [-0.25, -0.2) is 0 Å². The van der Waals surface area contributed by atoms with E-state index in [-0.39, 0.29) is 6.61 Å². The molecule has 0 amide bonds. The lowest BCUT2D eigenvalue weighted by Gasteiger charge is -2.03. The van der Waals surface area contributed by atoms with Gasteiger partial charge in [0.15, 0.2) is 0 Å². The molecule has 0 spiro atoms. The summed E-state index contributed by atoms with van der Waals surface area (Å²) in [6, 6.07) is 0. The van der Waals surface area contributed by atoms with E-state index < -0.39 is 0 Å². The van der Waals surface area contributed by atoms with Gasteiger partial charge in [-0.15, -0.1) is 0 Å². The van der Waals surface area contributed by atoms with Crippen LogP contribution in [0.2, 0.25) is 0 Å². The zero-order chi connectivity index (χ0) is 13.3. The molecule has 0 aliphatic carbocycles. The SMILES string of the molecule is CCCCCCCCCCCCCCOC[14CH2]O. The first-order chi connectivity index (χ1) is 8.91. The van der Waals surface area contributed by atoms with E-state index in [2.05, 4.69) is 6.92 Å². The second-order valence-corrected chi connectivity index (χ2v) is 5.23. The van der Waals surface area contributed by atoms with E-state index in [4.69, 9.17) is 9.84 Å². The summed E-state index contributed by atoms with van der Waals surface area (Å²) in [5.41, 5.74) is 0. The Balaban J connectivity index is 2.86. The van der Waals surface area contributed by atoms with Crippen molar-refractivity contribution in [3.63, 3.8) is 0 Å². The van der Waals surface area contributed by atoms with Crippen molar-refractivity contribution in [2.24, 2.45) is 0 Å². The normalized spacial score (nSPS) is 11.0. The molecular weight excluding hydrogens is 226 g/mol. The first-order valence-corrected chi connectivity index (χ1v) is 8.10. The van der Waals surface area contributed by atoms with E-state index in [0.29, 0.717) is 6.61 Å². The number of hydrogen-bond acceptors (Lipinski definition) is 2. The maximum Gasteiger partial charge on any atom is 0.0697 e. The molecule has 0 radical (unpaired) electrons. The smallest absolute Gasteiger partial charge is 0.0697 e. The molecule has 0 bridgehead atoms. The number of unbranched alkanes of at least 4 members (excludes halogenated alkanes) is 11. The fourth-order valence-corrected chi connectivity index (χ4v) is 2.21. The van der Waals surface area contributed by atoms with Gasteiger partial charge in [0.25, 0.3) is 0 Å². The maximum absolute atomic E-state index is 8.53. The molecule has 0 rings (SSSR count). The summed E-state index contributed by atoms with van der Waals surface area (Å²) in [4.78, 5) is 0. The van der Waals surface area contributed by atoms with Gasteiger partial charge < -0.3 is 9.84 Å². The van der Waals surface area contributed by atoms with Crippen molar-refractivity contribution < 1.29 is 9.84 Å². The van der Waals surface area contributed by atoms with Crippen LogP contribution in [-0.2, 0) is 4.74 Å². The highest BCUT2D eigenvalue weighted by Crippen LogP contribution is 2.11. The van der Waals surface area contributed by atoms with Gasteiger partial charge >= 0.3 is 0 Å². The first kappa shape index (κ1) is 17.9. The number of hydrogen-bond donors (Lipinski definition) is 1. The molecule has 110 valence electrons. The van der Waals surface area contributed by atoms with Crippen LogP contribution in [0.15, 0.2) is 0 Å². The Labute approximate surface area is 114 Å². The van der Waals surface area contributed by atoms with Crippen LogP contribution in [0.25, 0.3) is 0 Å². The largest absolute Gasteiger partial charge is 0.394 e. The molecule has 0 fully saturated rings. The Bertz CT molecular complexity index is 121. The van der Waals surface area contributed by atoms with E-state index in [9.17, 15) is 0 Å². The summed E-state index contributed by atoms with van der Waals surface area (Å²) in [5, 5.41) is 8.53. The van der Waals surface area contributed by atoms with Crippen LogP contribution < -0.4 is 0 Å². The van der Waals surface area contributed by atoms with Gasteiger partial charge in [0.05, 0.1) is 13.2 Å². The van der Waals surface area contributed by atoms with E-state index in [0.717, 1.165) is 13.0 Å². The van der Waals surface area contributed by atoms with Gasteiger partial charge in [-0.05, 0) is 6.42 Å². The molecule has 0 aliphatic heterocycles. The Morgan fingerprint density at radius 2 is 1.17 bits per heavy atom. The summed E-state index contributed by atoms with van der Waals surface area (Å²) >= 11 is 0. The Kier molecular flexibility index (Phi) is 16.8. The topological polar surface area (TPSA) is 29.5 Å². The number of rotatable bonds is 15. The molecular formula is C16H34O2. The van der Waals surface area contributed by atoms with Gasteiger partial charge in [0.1, 0.15) is 0 Å². The van der Waals surface area contributed by atoms with Gasteiger partial charge in [-0.3, -0.25) is 0 Å². The average Bonchev–Trinajstić information content (AvgIpc) is 2.39. The zero-order valence-electron chi connectivity index (χ0n) is 12.5. The van der Waals surface area contributed by atoms with Crippen molar-refractivity contribution in [2.75, 3.05) is 19.8 Å². The molecule has 0 atom stereocenters. The molecule has 0 heterocycles. The van der Waals surface area contributed by atoms with Gasteiger partial charge in [-0.1, -0.05) is 77.6 Å². The van der Waals surface area contributed by atoms with Crippen LogP contribution in [-0.4, -0.2) is 24.9 Å². The summed E-state index contributed by atoms with van der Waals surface area (Å²) in [6.07, 6.45) is 16.5. The number of aliphatic hydroxyl groups excluding tert-OH is 1. The van der Waals surface area contributed by atoms with Crippen molar-refractivity contribution in [2.45, 2.75) is 84.0 Å². The van der Waals surface area contributed by atoms with Crippen molar-refractivity contribution >= 4 is 0 Å². The van der Waals surface area contributed by atoms with Crippen LogP contribution in [0.5, 0.6) is 0 Å². The predicted octanol–water partition coefficient (Wildman–Crippen LogP) is 4.70. The monoisotopic (exact) mass is 260 g/mol. The molecule has 2 nitrogen and oxygen atoms in total. The van der Waals surface area contributed by atoms with Crippen LogP contribution >= 0.6 is 0 Å². The quantitative estimate of drug-likeness (QED) is 0.433. The maximum atomic E-state index is 8.53. The molecule has 2 heteroatoms. The van der Waals surface area contributed by atoms with Crippen molar-refractivity contribution in [3.05, 3.63) is 0 Å². The highest BCUT2D eigenvalue weighted by molar-refractivity contribution is 4.48. The van der Waals surface area contributed by atoms with Crippen molar-refractivity contribution in [1.29, 1.82) is 0 Å². The highest BCUT2D eigenvalue weighted by atomic mass is 16.6. The molecule has 0 unspecified atom stereocenters. The van der Waals surface area contributed by atoms with E-state index >= 15 is 0 Å². The van der Waals surface area contributed by atoms with E-state index in [1.54, 1.807) is 0 Å². The fourth-order valence-electron chi connectivity index (χ4n) is 2.21. The third kappa shape index (κ3) is 15.9. The standard InChI is InChI=1S/C16H34O2/c1-2-3-4-5-6-7-8-9-10-11-12-13-15-18-16-14-17/h17H,2-16H2,1H3/i14+2. The summed E-state index contributed by atoms with van der Waals surface area (Å²) < 4.78 is 5.22. The van der Waals surface area contributed by atoms with Gasteiger partial charge in [0, 0.05) is 6.61 Å². The van der Waals surface area contributed by atoms with Crippen molar-refractivity contribution in [1.82, 2.24) is 0 Å². The van der Waals surface area contributed by atoms with Gasteiger partial charge in [0.2, 0.25) is 0 Å². The molecule has 0 aromatic heterocycles. The Hall–Kier alpha value is -0.0800. The molecule has 0 aromatic rings. The minimum Gasteiger partial charge on any atom is -0.394 e. The predicted molar refractivity (Wildman–Crippen MR) is 79.0 cm³/mol. The minimum absolute atomic E-state index is 0.151. The zero-order valence-corrected chi connectivity index (χ0v) is 12.5. The highest BCUT2D eigenvalue weighted by Gasteiger charge is 1.93. The van der Waals surface area contributed by atoms with E-state index in [1.165, 1.54) is 70.6 Å². The lowest BCUT2D eigenvalue weighted by atomic mass is 10.1.